The summed E-state index contributed by atoms with van der Waals surface area (Å²) in [6.07, 6.45) is 4.34. The molecule has 0 atom stereocenters. The second-order valence-corrected chi connectivity index (χ2v) is 3.66. The van der Waals surface area contributed by atoms with Gasteiger partial charge in [0.15, 0.2) is 0 Å². The summed E-state index contributed by atoms with van der Waals surface area (Å²) in [6, 6.07) is 1.24. The number of halogens is 2. The van der Waals surface area contributed by atoms with Crippen LogP contribution in [-0.4, -0.2) is 28.6 Å². The van der Waals surface area contributed by atoms with Crippen molar-refractivity contribution in [3.8, 4) is 0 Å². The Morgan fingerprint density at radius 3 is 1.31 bits per heavy atom. The van der Waals surface area contributed by atoms with Gasteiger partial charge in [0.1, 0.15) is 0 Å². The fraction of sp³-hybridized carbons (Fsp3) is 0.778. The Balaban J connectivity index is 0. The van der Waals surface area contributed by atoms with Crippen LogP contribution in [-0.2, 0) is 0 Å². The predicted octanol–water partition coefficient (Wildman–Crippen LogP) is 2.69. The van der Waals surface area contributed by atoms with E-state index >= 15 is 0 Å². The highest BCUT2D eigenvalue weighted by Gasteiger charge is 2.15. The van der Waals surface area contributed by atoms with Crippen molar-refractivity contribution in [2.75, 3.05) is 6.67 Å². The van der Waals surface area contributed by atoms with Crippen molar-refractivity contribution in [2.24, 2.45) is 0 Å². The van der Waals surface area contributed by atoms with E-state index in [9.17, 15) is 0 Å². The Labute approximate surface area is 93.8 Å². The van der Waals surface area contributed by atoms with E-state index in [0.29, 0.717) is 12.1 Å². The van der Waals surface area contributed by atoms with Crippen LogP contribution in [0.2, 0.25) is 0 Å². The van der Waals surface area contributed by atoms with Crippen molar-refractivity contribution in [3.63, 3.8) is 0 Å². The summed E-state index contributed by atoms with van der Waals surface area (Å²) in [7, 11) is 0. The second-order valence-electron chi connectivity index (χ2n) is 3.66. The molecule has 0 radical (unpaired) electrons. The summed E-state index contributed by atoms with van der Waals surface area (Å²) in [6.45, 7) is 9.92. The van der Waals surface area contributed by atoms with E-state index in [2.05, 4.69) is 49.9 Å². The van der Waals surface area contributed by atoms with Gasteiger partial charge in [-0.15, -0.1) is 24.8 Å². The maximum atomic E-state index is 2.33. The summed E-state index contributed by atoms with van der Waals surface area (Å²) < 4.78 is 0. The molecule has 13 heavy (non-hydrogen) atoms. The number of hydrogen-bond acceptors (Lipinski definition) is 2. The number of rotatable bonds is 2. The van der Waals surface area contributed by atoms with Crippen LogP contribution in [0.5, 0.6) is 0 Å². The van der Waals surface area contributed by atoms with Crippen molar-refractivity contribution >= 4 is 24.8 Å². The molecule has 0 aromatic rings. The molecule has 0 aromatic heterocycles. The molecule has 0 amide bonds. The van der Waals surface area contributed by atoms with Gasteiger partial charge in [-0.2, -0.15) is 0 Å². The zero-order valence-electron chi connectivity index (χ0n) is 8.73. The molecule has 0 aromatic carbocycles. The fourth-order valence-corrected chi connectivity index (χ4v) is 1.12. The maximum Gasteiger partial charge on any atom is 0.0898 e. The van der Waals surface area contributed by atoms with Crippen LogP contribution in [0.15, 0.2) is 12.4 Å². The van der Waals surface area contributed by atoms with Gasteiger partial charge in [0.25, 0.3) is 0 Å². The molecule has 1 rings (SSSR count). The van der Waals surface area contributed by atoms with Crippen molar-refractivity contribution in [3.05, 3.63) is 12.4 Å². The van der Waals surface area contributed by atoms with Crippen LogP contribution < -0.4 is 0 Å². The lowest BCUT2D eigenvalue weighted by atomic mass is 10.3. The summed E-state index contributed by atoms with van der Waals surface area (Å²) >= 11 is 0. The quantitative estimate of drug-likeness (QED) is 0.715. The van der Waals surface area contributed by atoms with E-state index in [4.69, 9.17) is 0 Å². The van der Waals surface area contributed by atoms with E-state index in [1.54, 1.807) is 0 Å². The lowest BCUT2D eigenvalue weighted by Gasteiger charge is -2.26. The van der Waals surface area contributed by atoms with E-state index in [1.807, 2.05) is 0 Å². The molecule has 0 saturated heterocycles. The molecule has 0 aliphatic carbocycles. The molecule has 0 fully saturated rings. The van der Waals surface area contributed by atoms with E-state index < -0.39 is 0 Å². The zero-order valence-corrected chi connectivity index (χ0v) is 10.4. The first-order chi connectivity index (χ1) is 5.11. The molecule has 1 aliphatic heterocycles. The molecule has 0 unspecified atom stereocenters. The topological polar surface area (TPSA) is 6.48 Å². The summed E-state index contributed by atoms with van der Waals surface area (Å²) in [4.78, 5) is 4.67. The van der Waals surface area contributed by atoms with Gasteiger partial charge in [0.2, 0.25) is 0 Å². The van der Waals surface area contributed by atoms with Crippen LogP contribution in [0.3, 0.4) is 0 Å². The van der Waals surface area contributed by atoms with E-state index in [1.165, 1.54) is 0 Å². The number of hydrogen-bond donors (Lipinski definition) is 0. The molecular formula is C9H20Cl2N2. The minimum absolute atomic E-state index is 0. The van der Waals surface area contributed by atoms with E-state index in [-0.39, 0.29) is 24.8 Å². The predicted molar refractivity (Wildman–Crippen MR) is 62.5 cm³/mol. The lowest BCUT2D eigenvalue weighted by Crippen LogP contribution is -2.33. The monoisotopic (exact) mass is 226 g/mol. The molecule has 0 spiro atoms. The molecule has 0 bridgehead atoms. The minimum Gasteiger partial charge on any atom is -0.356 e. The first kappa shape index (κ1) is 15.4. The van der Waals surface area contributed by atoms with Crippen molar-refractivity contribution in [1.29, 1.82) is 0 Å². The molecule has 2 nitrogen and oxygen atoms in total. The first-order valence-corrected chi connectivity index (χ1v) is 4.31. The van der Waals surface area contributed by atoms with Crippen LogP contribution in [0.25, 0.3) is 0 Å². The third kappa shape index (κ3) is 4.10. The van der Waals surface area contributed by atoms with Crippen LogP contribution in [0.4, 0.5) is 0 Å². The van der Waals surface area contributed by atoms with Crippen molar-refractivity contribution in [1.82, 2.24) is 9.80 Å². The molecule has 1 heterocycles. The van der Waals surface area contributed by atoms with E-state index in [0.717, 1.165) is 6.67 Å². The molecule has 0 N–H and O–H groups in total. The van der Waals surface area contributed by atoms with Crippen molar-refractivity contribution < 1.29 is 0 Å². The third-order valence-electron chi connectivity index (χ3n) is 2.10. The highest BCUT2D eigenvalue weighted by atomic mass is 35.5. The highest BCUT2D eigenvalue weighted by Crippen LogP contribution is 2.12. The van der Waals surface area contributed by atoms with Crippen molar-refractivity contribution in [2.45, 2.75) is 39.8 Å². The van der Waals surface area contributed by atoms with Crippen LogP contribution in [0.1, 0.15) is 27.7 Å². The summed E-state index contributed by atoms with van der Waals surface area (Å²) in [5.74, 6) is 0. The molecular weight excluding hydrogens is 207 g/mol. The lowest BCUT2D eigenvalue weighted by molar-refractivity contribution is 0.204. The van der Waals surface area contributed by atoms with Gasteiger partial charge in [0, 0.05) is 24.5 Å². The first-order valence-electron chi connectivity index (χ1n) is 4.31. The Bertz CT molecular complexity index is 142. The van der Waals surface area contributed by atoms with Crippen LogP contribution in [0, 0.1) is 0 Å². The maximum absolute atomic E-state index is 2.33. The Hall–Kier alpha value is -0.0800. The Morgan fingerprint density at radius 2 is 1.15 bits per heavy atom. The van der Waals surface area contributed by atoms with Gasteiger partial charge < -0.3 is 9.80 Å². The van der Waals surface area contributed by atoms with Crippen LogP contribution >= 0.6 is 24.8 Å². The summed E-state index contributed by atoms with van der Waals surface area (Å²) in [5.41, 5.74) is 0. The second kappa shape index (κ2) is 6.39. The third-order valence-corrected chi connectivity index (χ3v) is 2.10. The Morgan fingerprint density at radius 1 is 0.846 bits per heavy atom. The minimum atomic E-state index is 0. The van der Waals surface area contributed by atoms with Gasteiger partial charge in [0.05, 0.1) is 6.67 Å². The molecule has 4 heteroatoms. The molecule has 0 saturated carbocycles. The average molecular weight is 227 g/mol. The number of nitrogens with zero attached hydrogens (tertiary/aromatic N) is 2. The van der Waals surface area contributed by atoms with Gasteiger partial charge >= 0.3 is 0 Å². The van der Waals surface area contributed by atoms with Gasteiger partial charge in [-0.3, -0.25) is 0 Å². The standard InChI is InChI=1S/C9H18N2.2ClH/c1-8(2)10-5-6-11(7-10)9(3)4;;/h5-6,8-9H,7H2,1-4H3;2*1H. The summed E-state index contributed by atoms with van der Waals surface area (Å²) in [5, 5.41) is 0. The zero-order chi connectivity index (χ0) is 8.43. The molecule has 1 aliphatic rings. The average Bonchev–Trinajstić information content (AvgIpc) is 2.33. The normalized spacial score (nSPS) is 14.9. The van der Waals surface area contributed by atoms with Gasteiger partial charge in [-0.05, 0) is 27.7 Å². The SMILES string of the molecule is CC(C)N1C=CN(C(C)C)C1.Cl.Cl. The highest BCUT2D eigenvalue weighted by molar-refractivity contribution is 5.85. The Kier molecular flexibility index (Phi) is 7.56. The fourth-order valence-electron chi connectivity index (χ4n) is 1.12. The largest absolute Gasteiger partial charge is 0.356 e. The molecule has 80 valence electrons. The van der Waals surface area contributed by atoms with Gasteiger partial charge in [-0.25, -0.2) is 0 Å². The van der Waals surface area contributed by atoms with Gasteiger partial charge in [-0.1, -0.05) is 0 Å². The smallest absolute Gasteiger partial charge is 0.0898 e.